The van der Waals surface area contributed by atoms with E-state index < -0.39 is 14.1 Å². The number of nitrogens with one attached hydrogen (secondary N) is 1. The lowest BCUT2D eigenvalue weighted by molar-refractivity contribution is 0.275. The summed E-state index contributed by atoms with van der Waals surface area (Å²) in [6.45, 7) is 11.0. The summed E-state index contributed by atoms with van der Waals surface area (Å²) in [5, 5.41) is 9.38. The van der Waals surface area contributed by atoms with Gasteiger partial charge in [-0.3, -0.25) is 0 Å². The van der Waals surface area contributed by atoms with Gasteiger partial charge in [-0.1, -0.05) is 26.8 Å². The van der Waals surface area contributed by atoms with Crippen LogP contribution in [0.3, 0.4) is 0 Å². The van der Waals surface area contributed by atoms with Crippen molar-refractivity contribution in [2.24, 2.45) is 0 Å². The molecule has 1 aromatic carbocycles. The van der Waals surface area contributed by atoms with Crippen LogP contribution in [-0.2, 0) is 23.9 Å². The second kappa shape index (κ2) is 7.50. The van der Waals surface area contributed by atoms with E-state index in [0.717, 1.165) is 11.4 Å². The Kier molecular flexibility index (Phi) is 5.81. The maximum absolute atomic E-state index is 14.3. The van der Waals surface area contributed by atoms with Gasteiger partial charge in [-0.05, 0) is 41.7 Å². The zero-order valence-electron chi connectivity index (χ0n) is 15.6. The van der Waals surface area contributed by atoms with Gasteiger partial charge in [0.2, 0.25) is 0 Å². The normalized spacial score (nSPS) is 12.2. The minimum Gasteiger partial charge on any atom is -0.413 e. The van der Waals surface area contributed by atoms with Gasteiger partial charge in [0.15, 0.2) is 8.32 Å². The third-order valence-electron chi connectivity index (χ3n) is 4.94. The van der Waals surface area contributed by atoms with Crippen molar-refractivity contribution in [3.63, 3.8) is 0 Å². The van der Waals surface area contributed by atoms with E-state index in [1.165, 1.54) is 6.07 Å². The number of aryl methyl sites for hydroxylation is 2. The number of aromatic nitrogens is 2. The minimum absolute atomic E-state index is 0.0647. The van der Waals surface area contributed by atoms with Crippen LogP contribution in [0, 0.1) is 17.1 Å². The molecule has 6 heteroatoms. The Morgan fingerprint density at radius 2 is 2.00 bits per heavy atom. The molecule has 134 valence electrons. The Morgan fingerprint density at radius 1 is 1.28 bits per heavy atom. The fraction of sp³-hybridized carbons (Fsp3) is 0.474. The third-order valence-corrected chi connectivity index (χ3v) is 9.42. The molecule has 1 heterocycles. The molecule has 0 spiro atoms. The van der Waals surface area contributed by atoms with E-state index in [9.17, 15) is 9.65 Å². The molecule has 0 radical (unpaired) electrons. The average Bonchev–Trinajstić information content (AvgIpc) is 3.03. The lowest BCUT2D eigenvalue weighted by Gasteiger charge is -2.36. The lowest BCUT2D eigenvalue weighted by atomic mass is 10.0. The SMILES string of the molecule is CC(C)(C)[Si](C)(C)OCc1cc(CCc2ncc[nH]2)cc(F)c1C#N. The van der Waals surface area contributed by atoms with Gasteiger partial charge >= 0.3 is 0 Å². The summed E-state index contributed by atoms with van der Waals surface area (Å²) < 4.78 is 20.5. The number of aromatic amines is 1. The number of rotatable bonds is 6. The van der Waals surface area contributed by atoms with E-state index in [0.29, 0.717) is 18.4 Å². The smallest absolute Gasteiger partial charge is 0.192 e. The van der Waals surface area contributed by atoms with Crippen molar-refractivity contribution in [3.8, 4) is 6.07 Å². The van der Waals surface area contributed by atoms with Crippen LogP contribution >= 0.6 is 0 Å². The van der Waals surface area contributed by atoms with Crippen molar-refractivity contribution in [2.45, 2.75) is 58.4 Å². The standard InChI is InChI=1S/C19H26FN3OSi/c1-19(2,3)25(4,5)24-13-15-10-14(11-17(20)16(15)12-21)6-7-18-22-8-9-23-18/h8-11H,6-7,13H2,1-5H3,(H,22,23). The van der Waals surface area contributed by atoms with Crippen molar-refractivity contribution < 1.29 is 8.82 Å². The van der Waals surface area contributed by atoms with Gasteiger partial charge in [0.25, 0.3) is 0 Å². The number of nitriles is 1. The molecule has 2 aromatic rings. The number of benzene rings is 1. The summed E-state index contributed by atoms with van der Waals surface area (Å²) in [6.07, 6.45) is 4.82. The Balaban J connectivity index is 2.19. The Bertz CT molecular complexity index is 758. The van der Waals surface area contributed by atoms with Crippen molar-refractivity contribution in [2.75, 3.05) is 0 Å². The molecule has 0 saturated heterocycles. The number of hydrogen-bond acceptors (Lipinski definition) is 3. The summed E-state index contributed by atoms with van der Waals surface area (Å²) >= 11 is 0. The van der Waals surface area contributed by atoms with Crippen molar-refractivity contribution in [3.05, 3.63) is 52.9 Å². The van der Waals surface area contributed by atoms with Gasteiger partial charge < -0.3 is 9.41 Å². The van der Waals surface area contributed by atoms with Crippen LogP contribution in [0.25, 0.3) is 0 Å². The van der Waals surface area contributed by atoms with Gasteiger partial charge in [-0.2, -0.15) is 5.26 Å². The van der Waals surface area contributed by atoms with Crippen LogP contribution in [0.5, 0.6) is 0 Å². The molecule has 25 heavy (non-hydrogen) atoms. The maximum atomic E-state index is 14.3. The molecule has 1 N–H and O–H groups in total. The lowest BCUT2D eigenvalue weighted by Crippen LogP contribution is -2.40. The molecule has 0 atom stereocenters. The molecule has 0 aliphatic rings. The molecule has 0 saturated carbocycles. The van der Waals surface area contributed by atoms with Crippen molar-refractivity contribution >= 4 is 8.32 Å². The molecule has 0 aliphatic carbocycles. The van der Waals surface area contributed by atoms with Crippen LogP contribution in [0.15, 0.2) is 24.5 Å². The molecular weight excluding hydrogens is 333 g/mol. The highest BCUT2D eigenvalue weighted by molar-refractivity contribution is 6.74. The number of imidazole rings is 1. The van der Waals surface area contributed by atoms with Gasteiger partial charge in [-0.25, -0.2) is 9.37 Å². The highest BCUT2D eigenvalue weighted by atomic mass is 28.4. The second-order valence-corrected chi connectivity index (χ2v) is 12.6. The fourth-order valence-electron chi connectivity index (χ4n) is 2.28. The summed E-state index contributed by atoms with van der Waals surface area (Å²) in [6, 6.07) is 5.31. The van der Waals surface area contributed by atoms with E-state index in [4.69, 9.17) is 4.43 Å². The van der Waals surface area contributed by atoms with Crippen LogP contribution in [0.1, 0.15) is 43.3 Å². The molecule has 0 aliphatic heterocycles. The van der Waals surface area contributed by atoms with E-state index in [1.807, 2.05) is 12.1 Å². The largest absolute Gasteiger partial charge is 0.413 e. The predicted octanol–water partition coefficient (Wildman–Crippen LogP) is 4.73. The van der Waals surface area contributed by atoms with Crippen LogP contribution < -0.4 is 0 Å². The van der Waals surface area contributed by atoms with Crippen molar-refractivity contribution in [1.82, 2.24) is 9.97 Å². The molecular formula is C19H26FN3OSi. The first-order valence-electron chi connectivity index (χ1n) is 8.47. The zero-order chi connectivity index (χ0) is 18.7. The quantitative estimate of drug-likeness (QED) is 0.759. The minimum atomic E-state index is -1.97. The molecule has 2 rings (SSSR count). The van der Waals surface area contributed by atoms with E-state index in [-0.39, 0.29) is 17.2 Å². The summed E-state index contributed by atoms with van der Waals surface area (Å²) in [7, 11) is -1.97. The molecule has 4 nitrogen and oxygen atoms in total. The average molecular weight is 360 g/mol. The van der Waals surface area contributed by atoms with Gasteiger partial charge in [0.1, 0.15) is 17.7 Å². The number of hydrogen-bond donors (Lipinski definition) is 1. The molecule has 0 unspecified atom stereocenters. The molecule has 0 fully saturated rings. The van der Waals surface area contributed by atoms with Crippen LogP contribution in [0.4, 0.5) is 4.39 Å². The first kappa shape index (κ1) is 19.4. The van der Waals surface area contributed by atoms with Gasteiger partial charge in [0.05, 0.1) is 12.2 Å². The summed E-state index contributed by atoms with van der Waals surface area (Å²) in [5.41, 5.74) is 1.56. The predicted molar refractivity (Wildman–Crippen MR) is 99.1 cm³/mol. The fourth-order valence-corrected chi connectivity index (χ4v) is 3.23. The molecule has 0 bridgehead atoms. The van der Waals surface area contributed by atoms with E-state index >= 15 is 0 Å². The number of halogens is 1. The van der Waals surface area contributed by atoms with E-state index in [2.05, 4.69) is 43.8 Å². The number of H-pyrrole nitrogens is 1. The van der Waals surface area contributed by atoms with Crippen LogP contribution in [-0.4, -0.2) is 18.3 Å². The zero-order valence-corrected chi connectivity index (χ0v) is 16.6. The van der Waals surface area contributed by atoms with E-state index in [1.54, 1.807) is 12.4 Å². The highest BCUT2D eigenvalue weighted by Crippen LogP contribution is 2.37. The summed E-state index contributed by atoms with van der Waals surface area (Å²) in [5.74, 6) is 0.386. The van der Waals surface area contributed by atoms with Crippen molar-refractivity contribution in [1.29, 1.82) is 5.26 Å². The van der Waals surface area contributed by atoms with Gasteiger partial charge in [-0.15, -0.1) is 0 Å². The Labute approximate surface area is 150 Å². The Hall–Kier alpha value is -1.97. The summed E-state index contributed by atoms with van der Waals surface area (Å²) in [4.78, 5) is 7.23. The monoisotopic (exact) mass is 359 g/mol. The maximum Gasteiger partial charge on any atom is 0.192 e. The molecule has 1 aromatic heterocycles. The Morgan fingerprint density at radius 3 is 2.56 bits per heavy atom. The second-order valence-electron chi connectivity index (χ2n) is 7.81. The first-order chi connectivity index (χ1) is 11.6. The molecule has 0 amide bonds. The third kappa shape index (κ3) is 4.77. The first-order valence-corrected chi connectivity index (χ1v) is 11.4. The van der Waals surface area contributed by atoms with Crippen LogP contribution in [0.2, 0.25) is 18.1 Å². The van der Waals surface area contributed by atoms with Gasteiger partial charge in [0, 0.05) is 18.8 Å². The topological polar surface area (TPSA) is 61.7 Å². The number of nitrogens with zero attached hydrogens (tertiary/aromatic N) is 2. The highest BCUT2D eigenvalue weighted by Gasteiger charge is 2.37.